The Kier molecular flexibility index (Phi) is 10.9. The van der Waals surface area contributed by atoms with E-state index in [1.165, 1.54) is 0 Å². The van der Waals surface area contributed by atoms with Gasteiger partial charge >= 0.3 is 0 Å². The van der Waals surface area contributed by atoms with E-state index in [2.05, 4.69) is 28.4 Å². The van der Waals surface area contributed by atoms with E-state index >= 15 is 0 Å². The zero-order valence-electron chi connectivity index (χ0n) is 14.0. The van der Waals surface area contributed by atoms with Crippen molar-refractivity contribution in [1.82, 2.24) is 9.97 Å². The lowest BCUT2D eigenvalue weighted by molar-refractivity contribution is 0.636. The van der Waals surface area contributed by atoms with Crippen LogP contribution in [0.2, 0.25) is 0 Å². The maximum absolute atomic E-state index is 11.9. The largest absolute Gasteiger partial charge is 0.366 e. The highest BCUT2D eigenvalue weighted by molar-refractivity contribution is 5.84. The van der Waals surface area contributed by atoms with E-state index in [1.807, 2.05) is 37.3 Å². The topological polar surface area (TPSA) is 81.6 Å². The third-order valence-electron chi connectivity index (χ3n) is 2.56. The molecule has 24 heavy (non-hydrogen) atoms. The fourth-order valence-electron chi connectivity index (χ4n) is 1.65. The van der Waals surface area contributed by atoms with Crippen LogP contribution in [-0.2, 0) is 0 Å². The summed E-state index contributed by atoms with van der Waals surface area (Å²) in [6.07, 6.45) is 4.41. The van der Waals surface area contributed by atoms with Crippen molar-refractivity contribution in [3.63, 3.8) is 0 Å². The van der Waals surface area contributed by atoms with Gasteiger partial charge in [-0.2, -0.15) is 0 Å². The molecule has 2 rings (SSSR count). The van der Waals surface area contributed by atoms with Gasteiger partial charge in [0.25, 0.3) is 5.56 Å². The lowest BCUT2D eigenvalue weighted by atomic mass is 10.2. The summed E-state index contributed by atoms with van der Waals surface area (Å²) in [6.45, 7) is 9.33. The van der Waals surface area contributed by atoms with Crippen LogP contribution in [0, 0.1) is 5.41 Å². The van der Waals surface area contributed by atoms with Crippen molar-refractivity contribution in [2.75, 3.05) is 19.0 Å². The van der Waals surface area contributed by atoms with Crippen LogP contribution in [0.4, 0.5) is 10.2 Å². The third kappa shape index (κ3) is 6.39. The number of aromatic nitrogens is 2. The molecule has 1 aromatic heterocycles. The summed E-state index contributed by atoms with van der Waals surface area (Å²) in [6, 6.07) is 9.36. The Morgan fingerprint density at radius 1 is 1.29 bits per heavy atom. The van der Waals surface area contributed by atoms with E-state index in [-0.39, 0.29) is 11.1 Å². The Labute approximate surface area is 141 Å². The number of hydrogen-bond acceptors (Lipinski definition) is 4. The first kappa shape index (κ1) is 21.0. The maximum Gasteiger partial charge on any atom is 0.262 e. The van der Waals surface area contributed by atoms with Crippen LogP contribution >= 0.6 is 0 Å². The molecule has 3 N–H and O–H groups in total. The van der Waals surface area contributed by atoms with Gasteiger partial charge in [-0.15, -0.1) is 13.2 Å². The van der Waals surface area contributed by atoms with Crippen molar-refractivity contribution < 1.29 is 4.39 Å². The minimum Gasteiger partial charge on any atom is -0.366 e. The molecule has 0 aliphatic carbocycles. The van der Waals surface area contributed by atoms with Crippen molar-refractivity contribution in [3.05, 3.63) is 71.6 Å². The number of H-pyrrole nitrogens is 1. The quantitative estimate of drug-likeness (QED) is 0.576. The molecule has 5 nitrogen and oxygen atoms in total. The average molecular weight is 330 g/mol. The van der Waals surface area contributed by atoms with E-state index in [1.54, 1.807) is 12.2 Å². The molecule has 128 valence electrons. The van der Waals surface area contributed by atoms with Crippen LogP contribution in [0.5, 0.6) is 0 Å². The zero-order chi connectivity index (χ0) is 18.4. The molecule has 0 atom stereocenters. The maximum atomic E-state index is 11.9. The van der Waals surface area contributed by atoms with Crippen molar-refractivity contribution >= 4 is 12.0 Å². The van der Waals surface area contributed by atoms with E-state index < -0.39 is 0 Å². The minimum atomic E-state index is -0.338. The molecular weight excluding hydrogens is 307 g/mol. The first-order chi connectivity index (χ1) is 11.7. The van der Waals surface area contributed by atoms with Gasteiger partial charge in [0.2, 0.25) is 0 Å². The molecule has 1 heterocycles. The smallest absolute Gasteiger partial charge is 0.262 e. The number of alkyl halides is 1. The minimum absolute atomic E-state index is 0.210. The summed E-state index contributed by atoms with van der Waals surface area (Å²) in [5.74, 6) is 0.861. The molecule has 0 saturated heterocycles. The van der Waals surface area contributed by atoms with Crippen molar-refractivity contribution in [1.29, 1.82) is 5.41 Å². The molecule has 0 aliphatic rings. The molecule has 1 aromatic carbocycles. The molecule has 2 aromatic rings. The Morgan fingerprint density at radius 3 is 2.38 bits per heavy atom. The Balaban J connectivity index is 0.000000952. The molecule has 0 spiro atoms. The van der Waals surface area contributed by atoms with Gasteiger partial charge in [0, 0.05) is 18.3 Å². The SMILES string of the molecule is C=CC.C=CCNc1nc(-c2ccccc2)[nH]c(=O)c1C=N.CF. The number of nitrogens with zero attached hydrogens (tertiary/aromatic N) is 1. The molecule has 0 radical (unpaired) electrons. The standard InChI is InChI=1S/C14H14N4O.C3H6.CH3F/c1-2-8-16-13-11(9-15)14(19)18-12(17-13)10-6-4-3-5-7-10;1-3-2;1-2/h2-7,9,15H,1,8H2,(H2,16,17,18,19);3H,1H2,2H3;1H3. The first-order valence-corrected chi connectivity index (χ1v) is 7.17. The summed E-state index contributed by atoms with van der Waals surface area (Å²) < 4.78 is 9.50. The van der Waals surface area contributed by atoms with Gasteiger partial charge < -0.3 is 15.7 Å². The fraction of sp³-hybridized carbons (Fsp3) is 0.167. The van der Waals surface area contributed by atoms with Crippen LogP contribution in [0.15, 0.2) is 60.4 Å². The number of hydrogen-bond donors (Lipinski definition) is 3. The van der Waals surface area contributed by atoms with E-state index in [0.29, 0.717) is 25.4 Å². The predicted octanol–water partition coefficient (Wildman–Crippen LogP) is 3.81. The predicted molar refractivity (Wildman–Crippen MR) is 99.8 cm³/mol. The number of anilines is 1. The number of benzene rings is 1. The lowest BCUT2D eigenvalue weighted by Crippen LogP contribution is -2.18. The van der Waals surface area contributed by atoms with Crippen LogP contribution < -0.4 is 10.9 Å². The van der Waals surface area contributed by atoms with Gasteiger partial charge in [-0.3, -0.25) is 9.18 Å². The van der Waals surface area contributed by atoms with Crippen LogP contribution in [0.3, 0.4) is 0 Å². The van der Waals surface area contributed by atoms with Crippen molar-refractivity contribution in [2.24, 2.45) is 0 Å². The number of nitrogens with one attached hydrogen (secondary N) is 3. The highest BCUT2D eigenvalue weighted by Gasteiger charge is 2.09. The van der Waals surface area contributed by atoms with Gasteiger partial charge in [0.1, 0.15) is 11.6 Å². The molecule has 0 aliphatic heterocycles. The highest BCUT2D eigenvalue weighted by Crippen LogP contribution is 2.15. The molecule has 0 saturated carbocycles. The van der Waals surface area contributed by atoms with Gasteiger partial charge in [0.15, 0.2) is 0 Å². The summed E-state index contributed by atoms with van der Waals surface area (Å²) in [4.78, 5) is 18.9. The Bertz CT molecular complexity index is 696. The highest BCUT2D eigenvalue weighted by atomic mass is 19.1. The Morgan fingerprint density at radius 2 is 1.88 bits per heavy atom. The lowest BCUT2D eigenvalue weighted by Gasteiger charge is -2.08. The number of rotatable bonds is 5. The molecule has 0 bridgehead atoms. The monoisotopic (exact) mass is 330 g/mol. The summed E-state index contributed by atoms with van der Waals surface area (Å²) in [5.41, 5.74) is 0.690. The summed E-state index contributed by atoms with van der Waals surface area (Å²) >= 11 is 0. The zero-order valence-corrected chi connectivity index (χ0v) is 14.0. The molecule has 0 amide bonds. The van der Waals surface area contributed by atoms with Gasteiger partial charge in [-0.05, 0) is 6.92 Å². The first-order valence-electron chi connectivity index (χ1n) is 7.17. The van der Waals surface area contributed by atoms with Crippen LogP contribution in [0.25, 0.3) is 11.4 Å². The van der Waals surface area contributed by atoms with Crippen molar-refractivity contribution in [3.8, 4) is 11.4 Å². The molecule has 6 heteroatoms. The van der Waals surface area contributed by atoms with Gasteiger partial charge in [0.05, 0.1) is 12.7 Å². The summed E-state index contributed by atoms with van der Waals surface area (Å²) in [7, 11) is 0.500. The van der Waals surface area contributed by atoms with Crippen LogP contribution in [0.1, 0.15) is 12.5 Å². The van der Waals surface area contributed by atoms with Crippen LogP contribution in [-0.4, -0.2) is 29.9 Å². The fourth-order valence-corrected chi connectivity index (χ4v) is 1.65. The molecule has 0 fully saturated rings. The molecular formula is C18H23FN4O. The van der Waals surface area contributed by atoms with Crippen molar-refractivity contribution in [2.45, 2.75) is 6.92 Å². The second-order valence-electron chi connectivity index (χ2n) is 4.27. The number of aromatic amines is 1. The van der Waals surface area contributed by atoms with E-state index in [4.69, 9.17) is 5.41 Å². The van der Waals surface area contributed by atoms with E-state index in [0.717, 1.165) is 11.8 Å². The third-order valence-corrected chi connectivity index (χ3v) is 2.56. The number of allylic oxidation sites excluding steroid dienone is 1. The average Bonchev–Trinajstić information content (AvgIpc) is 2.62. The van der Waals surface area contributed by atoms with Gasteiger partial charge in [-0.1, -0.05) is 42.5 Å². The normalized spacial score (nSPS) is 8.62. The van der Waals surface area contributed by atoms with Gasteiger partial charge in [-0.25, -0.2) is 4.98 Å². The molecule has 0 unspecified atom stereocenters. The Hall–Kier alpha value is -3.02. The number of halogens is 1. The second kappa shape index (κ2) is 12.5. The second-order valence-corrected chi connectivity index (χ2v) is 4.27. The summed E-state index contributed by atoms with van der Waals surface area (Å²) in [5, 5.41) is 10.2. The van der Waals surface area contributed by atoms with E-state index in [9.17, 15) is 9.18 Å².